The van der Waals surface area contributed by atoms with Crippen LogP contribution in [0.4, 0.5) is 20.4 Å². The number of aromatic nitrogens is 4. The summed E-state index contributed by atoms with van der Waals surface area (Å²) in [6, 6.07) is 13.3. The molecule has 0 atom stereocenters. The van der Waals surface area contributed by atoms with E-state index in [9.17, 15) is 8.78 Å². The monoisotopic (exact) mass is 531 g/mol. The van der Waals surface area contributed by atoms with Crippen molar-refractivity contribution in [2.45, 2.75) is 13.5 Å². The highest BCUT2D eigenvalue weighted by Crippen LogP contribution is 2.20. The second kappa shape index (κ2) is 12.0. The fourth-order valence-electron chi connectivity index (χ4n) is 4.53. The van der Waals surface area contributed by atoms with E-state index < -0.39 is 11.6 Å². The Hall–Kier alpha value is -4.31. The molecule has 3 heterocycles. The standard InChI is InChI=1S/C29H31F2N7O/c1-21-23(4-3-11-36-12-14-37(15-13-36)26-17-24(30)16-25(31)18-26)20-34-38(21)28-9-10-32-29(35-28)33-19-22-5-7-27(39-2)8-6-22/h3-10,16-18,20H,11-15,19H2,1-2H3,(H,32,33,35). The largest absolute Gasteiger partial charge is 0.497 e. The second-order valence-corrected chi connectivity index (χ2v) is 9.35. The van der Waals surface area contributed by atoms with E-state index >= 15 is 0 Å². The van der Waals surface area contributed by atoms with Crippen LogP contribution in [0.25, 0.3) is 11.9 Å². The van der Waals surface area contributed by atoms with Gasteiger partial charge in [0.15, 0.2) is 5.82 Å². The molecule has 2 aromatic carbocycles. The molecule has 1 fully saturated rings. The summed E-state index contributed by atoms with van der Waals surface area (Å²) in [5, 5.41) is 7.80. The number of piperazine rings is 1. The van der Waals surface area contributed by atoms with Crippen molar-refractivity contribution in [1.29, 1.82) is 0 Å². The van der Waals surface area contributed by atoms with E-state index in [1.54, 1.807) is 18.0 Å². The molecule has 1 saturated heterocycles. The average molecular weight is 532 g/mol. The van der Waals surface area contributed by atoms with E-state index in [0.717, 1.165) is 61.4 Å². The van der Waals surface area contributed by atoms with Crippen molar-refractivity contribution in [2.75, 3.05) is 50.1 Å². The van der Waals surface area contributed by atoms with Gasteiger partial charge in [0, 0.05) is 68.8 Å². The summed E-state index contributed by atoms with van der Waals surface area (Å²) in [4.78, 5) is 13.3. The molecule has 1 aliphatic heterocycles. The quantitative estimate of drug-likeness (QED) is 0.336. The van der Waals surface area contributed by atoms with Gasteiger partial charge in [0.1, 0.15) is 17.4 Å². The van der Waals surface area contributed by atoms with Gasteiger partial charge in [-0.1, -0.05) is 24.3 Å². The first-order valence-corrected chi connectivity index (χ1v) is 12.8. The van der Waals surface area contributed by atoms with Gasteiger partial charge in [0.2, 0.25) is 5.95 Å². The van der Waals surface area contributed by atoms with Crippen molar-refractivity contribution in [3.63, 3.8) is 0 Å². The lowest BCUT2D eigenvalue weighted by atomic mass is 10.2. The van der Waals surface area contributed by atoms with E-state index in [4.69, 9.17) is 4.74 Å². The molecule has 0 aliphatic carbocycles. The van der Waals surface area contributed by atoms with Crippen molar-refractivity contribution >= 4 is 17.7 Å². The minimum Gasteiger partial charge on any atom is -0.497 e. The van der Waals surface area contributed by atoms with Gasteiger partial charge in [-0.05, 0) is 36.8 Å². The van der Waals surface area contributed by atoms with Crippen molar-refractivity contribution in [1.82, 2.24) is 24.6 Å². The van der Waals surface area contributed by atoms with Crippen LogP contribution in [0.3, 0.4) is 0 Å². The molecule has 0 spiro atoms. The Morgan fingerprint density at radius 3 is 2.46 bits per heavy atom. The molecule has 0 unspecified atom stereocenters. The number of nitrogens with zero attached hydrogens (tertiary/aromatic N) is 6. The van der Waals surface area contributed by atoms with Crippen molar-refractivity contribution in [3.05, 3.63) is 95.5 Å². The van der Waals surface area contributed by atoms with Gasteiger partial charge in [-0.15, -0.1) is 0 Å². The molecule has 1 aliphatic rings. The molecule has 0 saturated carbocycles. The molecular weight excluding hydrogens is 500 g/mol. The van der Waals surface area contributed by atoms with E-state index in [1.165, 1.54) is 12.1 Å². The summed E-state index contributed by atoms with van der Waals surface area (Å²) in [7, 11) is 1.65. The zero-order valence-electron chi connectivity index (χ0n) is 22.0. The predicted octanol–water partition coefficient (Wildman–Crippen LogP) is 4.71. The Morgan fingerprint density at radius 2 is 1.74 bits per heavy atom. The van der Waals surface area contributed by atoms with Crippen LogP contribution in [-0.2, 0) is 6.54 Å². The highest BCUT2D eigenvalue weighted by atomic mass is 19.1. The normalized spacial score (nSPS) is 14.2. The van der Waals surface area contributed by atoms with Gasteiger partial charge < -0.3 is 15.0 Å². The zero-order valence-corrected chi connectivity index (χ0v) is 22.0. The number of ether oxygens (including phenoxy) is 1. The summed E-state index contributed by atoms with van der Waals surface area (Å²) in [5.74, 6) is 0.931. The summed E-state index contributed by atoms with van der Waals surface area (Å²) >= 11 is 0. The van der Waals surface area contributed by atoms with Gasteiger partial charge in [0.25, 0.3) is 0 Å². The topological polar surface area (TPSA) is 71.3 Å². The fraction of sp³-hybridized carbons (Fsp3) is 0.276. The number of anilines is 2. The molecular formula is C29H31F2N7O. The first-order valence-electron chi connectivity index (χ1n) is 12.8. The summed E-state index contributed by atoms with van der Waals surface area (Å²) in [6.07, 6.45) is 7.73. The number of benzene rings is 2. The first-order chi connectivity index (χ1) is 19.0. The highest BCUT2D eigenvalue weighted by Gasteiger charge is 2.17. The van der Waals surface area contributed by atoms with E-state index in [-0.39, 0.29) is 0 Å². The number of nitrogens with one attached hydrogen (secondary N) is 1. The van der Waals surface area contributed by atoms with Crippen molar-refractivity contribution < 1.29 is 13.5 Å². The van der Waals surface area contributed by atoms with Crippen LogP contribution in [0.5, 0.6) is 5.75 Å². The number of halogens is 2. The SMILES string of the molecule is COc1ccc(CNc2nccc(-n3ncc(C=CCN4CCN(c5cc(F)cc(F)c5)CC4)c3C)n2)cc1. The molecule has 10 heteroatoms. The van der Waals surface area contributed by atoms with Gasteiger partial charge in [-0.3, -0.25) is 4.90 Å². The third-order valence-electron chi connectivity index (χ3n) is 6.76. The minimum absolute atomic E-state index is 0.524. The third kappa shape index (κ3) is 6.58. The minimum atomic E-state index is -0.547. The lowest BCUT2D eigenvalue weighted by Gasteiger charge is -2.35. The molecule has 2 aromatic heterocycles. The Morgan fingerprint density at radius 1 is 1.00 bits per heavy atom. The fourth-order valence-corrected chi connectivity index (χ4v) is 4.53. The van der Waals surface area contributed by atoms with Gasteiger partial charge in [-0.2, -0.15) is 10.1 Å². The molecule has 5 rings (SSSR count). The van der Waals surface area contributed by atoms with E-state index in [2.05, 4.69) is 37.4 Å². The van der Waals surface area contributed by atoms with Crippen LogP contribution < -0.4 is 15.0 Å². The summed E-state index contributed by atoms with van der Waals surface area (Å²) in [6.45, 7) is 6.44. The van der Waals surface area contributed by atoms with Crippen LogP contribution in [0.2, 0.25) is 0 Å². The maximum absolute atomic E-state index is 13.6. The number of hydrogen-bond acceptors (Lipinski definition) is 7. The molecule has 0 radical (unpaired) electrons. The predicted molar refractivity (Wildman–Crippen MR) is 148 cm³/mol. The second-order valence-electron chi connectivity index (χ2n) is 9.35. The first kappa shape index (κ1) is 26.3. The highest BCUT2D eigenvalue weighted by molar-refractivity contribution is 5.52. The molecule has 39 heavy (non-hydrogen) atoms. The molecule has 1 N–H and O–H groups in total. The molecule has 4 aromatic rings. The van der Waals surface area contributed by atoms with Crippen LogP contribution in [-0.4, -0.2) is 64.5 Å². The zero-order chi connectivity index (χ0) is 27.2. The number of rotatable bonds is 9. The van der Waals surface area contributed by atoms with Crippen molar-refractivity contribution in [3.8, 4) is 11.6 Å². The van der Waals surface area contributed by atoms with Crippen LogP contribution >= 0.6 is 0 Å². The van der Waals surface area contributed by atoms with Gasteiger partial charge in [-0.25, -0.2) is 18.4 Å². The van der Waals surface area contributed by atoms with Crippen molar-refractivity contribution in [2.24, 2.45) is 0 Å². The van der Waals surface area contributed by atoms with Crippen LogP contribution in [0, 0.1) is 18.6 Å². The summed E-state index contributed by atoms with van der Waals surface area (Å²) < 4.78 is 34.1. The Bertz CT molecular complexity index is 1410. The third-order valence-corrected chi connectivity index (χ3v) is 6.76. The smallest absolute Gasteiger partial charge is 0.224 e. The maximum atomic E-state index is 13.6. The number of methoxy groups -OCH3 is 1. The lowest BCUT2D eigenvalue weighted by Crippen LogP contribution is -2.46. The molecule has 0 bridgehead atoms. The Balaban J connectivity index is 1.15. The van der Waals surface area contributed by atoms with E-state index in [1.807, 2.05) is 48.4 Å². The van der Waals surface area contributed by atoms with Gasteiger partial charge >= 0.3 is 0 Å². The molecule has 202 valence electrons. The maximum Gasteiger partial charge on any atom is 0.224 e. The van der Waals surface area contributed by atoms with Gasteiger partial charge in [0.05, 0.1) is 19.0 Å². The Labute approximate surface area is 226 Å². The average Bonchev–Trinajstić information content (AvgIpc) is 3.32. The summed E-state index contributed by atoms with van der Waals surface area (Å²) in [5.41, 5.74) is 3.67. The Kier molecular flexibility index (Phi) is 8.12. The van der Waals surface area contributed by atoms with E-state index in [0.29, 0.717) is 24.0 Å². The molecule has 8 nitrogen and oxygen atoms in total. The van der Waals surface area contributed by atoms with Crippen LogP contribution in [0.15, 0.2) is 67.0 Å². The number of hydrogen-bond donors (Lipinski definition) is 1. The van der Waals surface area contributed by atoms with Crippen LogP contribution in [0.1, 0.15) is 16.8 Å². The lowest BCUT2D eigenvalue weighted by molar-refractivity contribution is 0.284. The molecule has 0 amide bonds.